The summed E-state index contributed by atoms with van der Waals surface area (Å²) in [6, 6.07) is 10.3. The molecule has 0 N–H and O–H groups in total. The van der Waals surface area contributed by atoms with Crippen LogP contribution < -0.4 is 4.90 Å². The lowest BCUT2D eigenvalue weighted by atomic mass is 9.99. The topological polar surface area (TPSA) is 60.0 Å². The van der Waals surface area contributed by atoms with Crippen molar-refractivity contribution >= 4 is 11.8 Å². The number of hydrogen-bond acceptors (Lipinski definition) is 4. The minimum absolute atomic E-state index is 0.0912. The molecule has 0 spiro atoms. The van der Waals surface area contributed by atoms with Crippen molar-refractivity contribution in [2.24, 2.45) is 0 Å². The molecule has 1 aromatic rings. The number of ether oxygens (including phenoxy) is 1. The van der Waals surface area contributed by atoms with Crippen LogP contribution in [-0.2, 0) is 11.2 Å². The number of nitriles is 2. The van der Waals surface area contributed by atoms with Crippen LogP contribution >= 0.6 is 0 Å². The molecule has 4 nitrogen and oxygen atoms in total. The molecular formula is C20H19N3O. The number of benzene rings is 1. The number of rotatable bonds is 5. The monoisotopic (exact) mass is 317 g/mol. The Morgan fingerprint density at radius 1 is 1.33 bits per heavy atom. The molecule has 0 saturated carbocycles. The Labute approximate surface area is 142 Å². The van der Waals surface area contributed by atoms with Gasteiger partial charge in [0.25, 0.3) is 0 Å². The molecule has 4 heteroatoms. The van der Waals surface area contributed by atoms with E-state index in [2.05, 4.69) is 18.7 Å². The van der Waals surface area contributed by atoms with Crippen molar-refractivity contribution < 1.29 is 4.74 Å². The summed E-state index contributed by atoms with van der Waals surface area (Å²) in [5, 5.41) is 18.0. The van der Waals surface area contributed by atoms with Gasteiger partial charge in [0, 0.05) is 26.2 Å². The number of nitrogens with zero attached hydrogens (tertiary/aromatic N) is 3. The van der Waals surface area contributed by atoms with Crippen molar-refractivity contribution in [2.75, 3.05) is 19.0 Å². The van der Waals surface area contributed by atoms with E-state index in [-0.39, 0.29) is 6.42 Å². The van der Waals surface area contributed by atoms with Gasteiger partial charge in [0.15, 0.2) is 0 Å². The molecule has 0 aliphatic carbocycles. The van der Waals surface area contributed by atoms with Gasteiger partial charge in [-0.3, -0.25) is 0 Å². The molecule has 1 aromatic carbocycles. The van der Waals surface area contributed by atoms with E-state index in [1.165, 1.54) is 0 Å². The van der Waals surface area contributed by atoms with Crippen LogP contribution in [-0.4, -0.2) is 14.1 Å². The molecule has 0 bridgehead atoms. The van der Waals surface area contributed by atoms with Crippen LogP contribution in [0.25, 0.3) is 6.08 Å². The Hall–Kier alpha value is -3.24. The second-order valence-corrected chi connectivity index (χ2v) is 5.57. The van der Waals surface area contributed by atoms with Gasteiger partial charge < -0.3 is 9.64 Å². The Kier molecular flexibility index (Phi) is 5.60. The first-order valence-electron chi connectivity index (χ1n) is 7.55. The first-order chi connectivity index (χ1) is 11.6. The zero-order chi connectivity index (χ0) is 17.5. The van der Waals surface area contributed by atoms with Crippen LogP contribution in [0.1, 0.15) is 17.5 Å². The summed E-state index contributed by atoms with van der Waals surface area (Å²) in [5.41, 5.74) is 4.41. The molecule has 0 amide bonds. The zero-order valence-corrected chi connectivity index (χ0v) is 13.9. The molecule has 1 aliphatic heterocycles. The van der Waals surface area contributed by atoms with Crippen molar-refractivity contribution in [3.05, 3.63) is 71.2 Å². The highest BCUT2D eigenvalue weighted by Crippen LogP contribution is 2.25. The van der Waals surface area contributed by atoms with Crippen LogP contribution in [0, 0.1) is 22.7 Å². The average Bonchev–Trinajstić information content (AvgIpc) is 2.59. The third kappa shape index (κ3) is 3.94. The minimum atomic E-state index is 0.0912. The molecule has 2 rings (SSSR count). The molecule has 0 unspecified atom stereocenters. The van der Waals surface area contributed by atoms with Crippen molar-refractivity contribution in [3.63, 3.8) is 0 Å². The highest BCUT2D eigenvalue weighted by Gasteiger charge is 2.12. The average molecular weight is 317 g/mol. The maximum absolute atomic E-state index is 9.18. The van der Waals surface area contributed by atoms with Gasteiger partial charge in [-0.2, -0.15) is 10.5 Å². The fourth-order valence-corrected chi connectivity index (χ4v) is 2.43. The van der Waals surface area contributed by atoms with Crippen LogP contribution in [0.5, 0.6) is 0 Å². The first kappa shape index (κ1) is 17.1. The van der Waals surface area contributed by atoms with Crippen LogP contribution in [0.3, 0.4) is 0 Å². The second-order valence-electron chi connectivity index (χ2n) is 5.57. The fraction of sp³-hybridized carbons (Fsp3) is 0.200. The Morgan fingerprint density at radius 3 is 2.75 bits per heavy atom. The summed E-state index contributed by atoms with van der Waals surface area (Å²) in [4.78, 5) is 2.04. The summed E-state index contributed by atoms with van der Waals surface area (Å²) >= 11 is 0. The highest BCUT2D eigenvalue weighted by molar-refractivity contribution is 5.60. The Morgan fingerprint density at radius 2 is 2.12 bits per heavy atom. The number of anilines is 1. The smallest absolute Gasteiger partial charge is 0.108 e. The standard InChI is InChI=1S/C20H19N3O/c1-4-15-5-6-19(23(2)3)11-18(15)13-20-12-16(8-10-24-20)17(14-22)7-9-21/h4-6,8,10-12H,1,7,13H2,2-3H3/b17-16+. The lowest BCUT2D eigenvalue weighted by Gasteiger charge is -2.17. The molecule has 1 heterocycles. The summed E-state index contributed by atoms with van der Waals surface area (Å²) in [7, 11) is 3.99. The van der Waals surface area contributed by atoms with Gasteiger partial charge in [-0.1, -0.05) is 18.7 Å². The van der Waals surface area contributed by atoms with Crippen LogP contribution in [0.15, 0.2) is 60.1 Å². The van der Waals surface area contributed by atoms with E-state index >= 15 is 0 Å². The van der Waals surface area contributed by atoms with Gasteiger partial charge in [0.2, 0.25) is 0 Å². The first-order valence-corrected chi connectivity index (χ1v) is 7.55. The predicted molar refractivity (Wildman–Crippen MR) is 95.7 cm³/mol. The Bertz CT molecular complexity index is 814. The van der Waals surface area contributed by atoms with Crippen LogP contribution in [0.2, 0.25) is 0 Å². The molecule has 0 atom stereocenters. The molecule has 0 saturated heterocycles. The van der Waals surface area contributed by atoms with E-state index in [1.54, 1.807) is 12.3 Å². The van der Waals surface area contributed by atoms with Crippen molar-refractivity contribution in [1.29, 1.82) is 10.5 Å². The zero-order valence-electron chi connectivity index (χ0n) is 13.9. The summed E-state index contributed by atoms with van der Waals surface area (Å²) in [6.45, 7) is 3.86. The molecule has 120 valence electrons. The molecule has 0 fully saturated rings. The van der Waals surface area contributed by atoms with Crippen molar-refractivity contribution in [2.45, 2.75) is 12.8 Å². The fourth-order valence-electron chi connectivity index (χ4n) is 2.43. The van der Waals surface area contributed by atoms with Gasteiger partial charge >= 0.3 is 0 Å². The summed E-state index contributed by atoms with van der Waals surface area (Å²) in [5.74, 6) is 0.734. The van der Waals surface area contributed by atoms with Gasteiger partial charge in [0.05, 0.1) is 30.4 Å². The van der Waals surface area contributed by atoms with E-state index in [0.717, 1.165) is 28.1 Å². The molecule has 0 aromatic heterocycles. The Balaban J connectivity index is 2.36. The molecule has 0 radical (unpaired) electrons. The molecular weight excluding hydrogens is 298 g/mol. The second kappa shape index (κ2) is 7.85. The highest BCUT2D eigenvalue weighted by atomic mass is 16.5. The van der Waals surface area contributed by atoms with Gasteiger partial charge in [-0.25, -0.2) is 0 Å². The van der Waals surface area contributed by atoms with E-state index in [4.69, 9.17) is 10.00 Å². The van der Waals surface area contributed by atoms with E-state index in [1.807, 2.05) is 49.3 Å². The predicted octanol–water partition coefficient (Wildman–Crippen LogP) is 4.10. The minimum Gasteiger partial charge on any atom is -0.469 e. The third-order valence-electron chi connectivity index (χ3n) is 3.75. The number of hydrogen-bond donors (Lipinski definition) is 0. The van der Waals surface area contributed by atoms with Gasteiger partial charge in [0.1, 0.15) is 5.76 Å². The lowest BCUT2D eigenvalue weighted by Crippen LogP contribution is -2.09. The summed E-state index contributed by atoms with van der Waals surface area (Å²) < 4.78 is 5.59. The normalized spacial score (nSPS) is 14.8. The van der Waals surface area contributed by atoms with E-state index < -0.39 is 0 Å². The maximum Gasteiger partial charge on any atom is 0.108 e. The SMILES string of the molecule is C=Cc1ccc(N(C)C)cc1CC1=C/C(=C(/C#N)CC#N)C=CO1. The molecule has 1 aliphatic rings. The van der Waals surface area contributed by atoms with E-state index in [9.17, 15) is 5.26 Å². The van der Waals surface area contributed by atoms with E-state index in [0.29, 0.717) is 12.0 Å². The summed E-state index contributed by atoms with van der Waals surface area (Å²) in [6.07, 6.45) is 7.59. The van der Waals surface area contributed by atoms with Crippen molar-refractivity contribution in [3.8, 4) is 12.1 Å². The maximum atomic E-state index is 9.18. The molecule has 24 heavy (non-hydrogen) atoms. The third-order valence-corrected chi connectivity index (χ3v) is 3.75. The lowest BCUT2D eigenvalue weighted by molar-refractivity contribution is 0.336. The van der Waals surface area contributed by atoms with Gasteiger partial charge in [-0.15, -0.1) is 0 Å². The quantitative estimate of drug-likeness (QED) is 0.767. The largest absolute Gasteiger partial charge is 0.469 e. The number of allylic oxidation sites excluding steroid dienone is 5. The van der Waals surface area contributed by atoms with Crippen LogP contribution in [0.4, 0.5) is 5.69 Å². The van der Waals surface area contributed by atoms with Crippen molar-refractivity contribution in [1.82, 2.24) is 0 Å². The van der Waals surface area contributed by atoms with Gasteiger partial charge in [-0.05, 0) is 41.0 Å².